The van der Waals surface area contributed by atoms with Gasteiger partial charge in [-0.05, 0) is 30.4 Å². The molecule has 30 heavy (non-hydrogen) atoms. The topological polar surface area (TPSA) is 71.0 Å². The lowest BCUT2D eigenvalue weighted by Crippen LogP contribution is -2.31. The molecule has 1 N–H and O–H groups in total. The zero-order valence-corrected chi connectivity index (χ0v) is 18.4. The number of para-hydroxylation sites is 1. The van der Waals surface area contributed by atoms with Gasteiger partial charge in [0, 0.05) is 55.5 Å². The fourth-order valence-corrected chi connectivity index (χ4v) is 6.06. The summed E-state index contributed by atoms with van der Waals surface area (Å²) < 4.78 is 26.7. The highest BCUT2D eigenvalue weighted by Gasteiger charge is 2.26. The Balaban J connectivity index is 1.41. The van der Waals surface area contributed by atoms with Crippen LogP contribution in [0.25, 0.3) is 10.9 Å². The van der Waals surface area contributed by atoms with Crippen molar-refractivity contribution in [3.05, 3.63) is 47.4 Å². The van der Waals surface area contributed by atoms with E-state index < -0.39 is 9.84 Å². The molecule has 0 bridgehead atoms. The van der Waals surface area contributed by atoms with Gasteiger partial charge < -0.3 is 9.55 Å². The molecule has 0 atom stereocenters. The van der Waals surface area contributed by atoms with E-state index in [1.807, 2.05) is 4.57 Å². The summed E-state index contributed by atoms with van der Waals surface area (Å²) in [4.78, 5) is 10.3. The van der Waals surface area contributed by atoms with Gasteiger partial charge in [0.25, 0.3) is 0 Å². The third kappa shape index (κ3) is 3.81. The van der Waals surface area contributed by atoms with Crippen LogP contribution in [-0.2, 0) is 35.9 Å². The van der Waals surface area contributed by atoms with Gasteiger partial charge in [0.1, 0.15) is 0 Å². The van der Waals surface area contributed by atoms with Gasteiger partial charge in [0.2, 0.25) is 15.0 Å². The Morgan fingerprint density at radius 3 is 2.77 bits per heavy atom. The zero-order valence-electron chi connectivity index (χ0n) is 17.6. The van der Waals surface area contributed by atoms with Crippen LogP contribution in [-0.4, -0.2) is 40.7 Å². The maximum Gasteiger partial charge on any atom is 0.227 e. The lowest BCUT2D eigenvalue weighted by atomic mass is 9.89. The van der Waals surface area contributed by atoms with Gasteiger partial charge in [-0.15, -0.1) is 0 Å². The lowest BCUT2D eigenvalue weighted by molar-refractivity contribution is 0.233. The van der Waals surface area contributed by atoms with Crippen LogP contribution in [0.5, 0.6) is 0 Å². The minimum absolute atomic E-state index is 0.230. The molecule has 0 unspecified atom stereocenters. The summed E-state index contributed by atoms with van der Waals surface area (Å²) in [5, 5.41) is 1.53. The number of fused-ring (bicyclic) bond motifs is 3. The first-order chi connectivity index (χ1) is 14.5. The molecule has 1 fully saturated rings. The van der Waals surface area contributed by atoms with Crippen molar-refractivity contribution < 1.29 is 8.42 Å². The Labute approximate surface area is 178 Å². The number of aromatic nitrogens is 3. The molecule has 6 nitrogen and oxygen atoms in total. The van der Waals surface area contributed by atoms with Crippen LogP contribution in [0.1, 0.15) is 49.1 Å². The Hall–Kier alpha value is -2.12. The molecule has 7 heteroatoms. The van der Waals surface area contributed by atoms with Crippen molar-refractivity contribution in [2.24, 2.45) is 5.92 Å². The van der Waals surface area contributed by atoms with E-state index in [2.05, 4.69) is 39.1 Å². The molecule has 2 aliphatic rings. The highest BCUT2D eigenvalue weighted by Crippen LogP contribution is 2.30. The summed E-state index contributed by atoms with van der Waals surface area (Å²) in [6.45, 7) is 3.34. The quantitative estimate of drug-likeness (QED) is 0.672. The maximum absolute atomic E-state index is 12.4. The molecule has 0 radical (unpaired) electrons. The average molecular weight is 427 g/mol. The highest BCUT2D eigenvalue weighted by molar-refractivity contribution is 7.90. The number of rotatable bonds is 5. The number of benzene rings is 1. The summed E-state index contributed by atoms with van der Waals surface area (Å²) >= 11 is 0. The standard InChI is InChI=1S/C23H30N4O2S/c1-30(28,29)23-24-13-18(27(23)14-17-7-3-2-4-8-17)15-26-12-11-22-20(16-26)19-9-5-6-10-21(19)25-22/h5-6,9-10,13,17,25H,2-4,7-8,11-12,14-16H2,1H3. The van der Waals surface area contributed by atoms with Gasteiger partial charge in [-0.2, -0.15) is 0 Å². The monoisotopic (exact) mass is 426 g/mol. The number of imidazole rings is 1. The fraction of sp³-hybridized carbons (Fsp3) is 0.522. The van der Waals surface area contributed by atoms with Crippen molar-refractivity contribution in [1.29, 1.82) is 0 Å². The number of nitrogens with one attached hydrogen (secondary N) is 1. The van der Waals surface area contributed by atoms with Crippen LogP contribution >= 0.6 is 0 Å². The Morgan fingerprint density at radius 2 is 1.97 bits per heavy atom. The summed E-state index contributed by atoms with van der Waals surface area (Å²) in [7, 11) is -3.34. The minimum atomic E-state index is -3.34. The number of sulfone groups is 1. The van der Waals surface area contributed by atoms with Gasteiger partial charge in [0.05, 0.1) is 11.9 Å². The number of hydrogen-bond acceptors (Lipinski definition) is 4. The van der Waals surface area contributed by atoms with E-state index >= 15 is 0 Å². The molecule has 3 aromatic rings. The molecule has 3 heterocycles. The lowest BCUT2D eigenvalue weighted by Gasteiger charge is -2.28. The van der Waals surface area contributed by atoms with Crippen LogP contribution < -0.4 is 0 Å². The van der Waals surface area contributed by atoms with Gasteiger partial charge in [-0.25, -0.2) is 13.4 Å². The first-order valence-electron chi connectivity index (χ1n) is 11.0. The number of nitrogens with zero attached hydrogens (tertiary/aromatic N) is 3. The van der Waals surface area contributed by atoms with Crippen molar-refractivity contribution in [2.45, 2.75) is 63.3 Å². The molecular weight excluding hydrogens is 396 g/mol. The molecule has 1 aliphatic carbocycles. The Kier molecular flexibility index (Phi) is 5.19. The van der Waals surface area contributed by atoms with Crippen molar-refractivity contribution in [3.8, 4) is 0 Å². The van der Waals surface area contributed by atoms with Gasteiger partial charge >= 0.3 is 0 Å². The zero-order chi connectivity index (χ0) is 20.7. The number of aromatic amines is 1. The maximum atomic E-state index is 12.4. The van der Waals surface area contributed by atoms with Crippen molar-refractivity contribution >= 4 is 20.7 Å². The first-order valence-corrected chi connectivity index (χ1v) is 12.9. The van der Waals surface area contributed by atoms with E-state index in [-0.39, 0.29) is 5.16 Å². The van der Waals surface area contributed by atoms with Crippen LogP contribution in [0.3, 0.4) is 0 Å². The molecule has 0 saturated heterocycles. The van der Waals surface area contributed by atoms with E-state index in [1.165, 1.54) is 60.5 Å². The number of H-pyrrole nitrogens is 1. The van der Waals surface area contributed by atoms with Crippen molar-refractivity contribution in [1.82, 2.24) is 19.4 Å². The SMILES string of the molecule is CS(=O)(=O)c1ncc(CN2CCc3[nH]c4ccccc4c3C2)n1CC1CCCCC1. The molecule has 1 saturated carbocycles. The predicted octanol–water partition coefficient (Wildman–Crippen LogP) is 3.91. The molecule has 1 aromatic carbocycles. The third-order valence-electron chi connectivity index (χ3n) is 6.75. The largest absolute Gasteiger partial charge is 0.358 e. The Morgan fingerprint density at radius 1 is 1.17 bits per heavy atom. The summed E-state index contributed by atoms with van der Waals surface area (Å²) in [5.41, 5.74) is 4.92. The second kappa shape index (κ2) is 7.85. The second-order valence-electron chi connectivity index (χ2n) is 9.01. The fourth-order valence-electron chi connectivity index (χ4n) is 5.22. The molecule has 0 spiro atoms. The van der Waals surface area contributed by atoms with Crippen LogP contribution in [0, 0.1) is 5.92 Å². The molecule has 0 amide bonds. The third-order valence-corrected chi connectivity index (χ3v) is 7.74. The van der Waals surface area contributed by atoms with Crippen molar-refractivity contribution in [3.63, 3.8) is 0 Å². The van der Waals surface area contributed by atoms with E-state index in [0.717, 1.165) is 38.3 Å². The number of hydrogen-bond donors (Lipinski definition) is 1. The van der Waals surface area contributed by atoms with Crippen molar-refractivity contribution in [2.75, 3.05) is 12.8 Å². The van der Waals surface area contributed by atoms with Crippen LogP contribution in [0.4, 0.5) is 0 Å². The average Bonchev–Trinajstić information content (AvgIpc) is 3.30. The Bertz CT molecular complexity index is 1160. The second-order valence-corrected chi connectivity index (χ2v) is 10.9. The van der Waals surface area contributed by atoms with Gasteiger partial charge in [0.15, 0.2) is 0 Å². The normalized spacial score (nSPS) is 18.7. The molecule has 5 rings (SSSR count). The first kappa shape index (κ1) is 19.8. The predicted molar refractivity (Wildman–Crippen MR) is 118 cm³/mol. The molecule has 160 valence electrons. The molecular formula is C23H30N4O2S. The van der Waals surface area contributed by atoms with E-state index in [4.69, 9.17) is 0 Å². The summed E-state index contributed by atoms with van der Waals surface area (Å²) in [5.74, 6) is 0.550. The molecule has 2 aromatic heterocycles. The van der Waals surface area contributed by atoms with E-state index in [1.54, 1.807) is 6.20 Å². The van der Waals surface area contributed by atoms with Gasteiger partial charge in [-0.3, -0.25) is 4.90 Å². The highest BCUT2D eigenvalue weighted by atomic mass is 32.2. The van der Waals surface area contributed by atoms with Gasteiger partial charge in [-0.1, -0.05) is 37.5 Å². The van der Waals surface area contributed by atoms with Crippen LogP contribution in [0.15, 0.2) is 35.6 Å². The summed E-state index contributed by atoms with van der Waals surface area (Å²) in [6.07, 6.45) is 10.2. The van der Waals surface area contributed by atoms with Crippen LogP contribution in [0.2, 0.25) is 0 Å². The van der Waals surface area contributed by atoms with E-state index in [9.17, 15) is 8.42 Å². The summed E-state index contributed by atoms with van der Waals surface area (Å²) in [6, 6.07) is 8.48. The molecule has 1 aliphatic heterocycles. The minimum Gasteiger partial charge on any atom is -0.358 e. The smallest absolute Gasteiger partial charge is 0.227 e. The van der Waals surface area contributed by atoms with E-state index in [0.29, 0.717) is 5.92 Å².